The van der Waals surface area contributed by atoms with Crippen molar-refractivity contribution in [1.29, 1.82) is 0 Å². The van der Waals surface area contributed by atoms with Crippen LogP contribution in [0, 0.1) is 0 Å². The third-order valence-electron chi connectivity index (χ3n) is 2.86. The van der Waals surface area contributed by atoms with Crippen molar-refractivity contribution >= 4 is 21.7 Å². The first-order chi connectivity index (χ1) is 9.19. The molecular weight excluding hydrogens is 304 g/mol. The van der Waals surface area contributed by atoms with E-state index in [1.165, 1.54) is 0 Å². The van der Waals surface area contributed by atoms with Gasteiger partial charge in [0.05, 0.1) is 11.6 Å². The zero-order valence-corrected chi connectivity index (χ0v) is 12.3. The molecule has 0 N–H and O–H groups in total. The molecule has 0 atom stereocenters. The average Bonchev–Trinajstić information content (AvgIpc) is 2.40. The predicted molar refractivity (Wildman–Crippen MR) is 79.6 cm³/mol. The van der Waals surface area contributed by atoms with E-state index in [1.807, 2.05) is 48.5 Å². The van der Waals surface area contributed by atoms with E-state index < -0.39 is 0 Å². The van der Waals surface area contributed by atoms with Crippen molar-refractivity contribution in [2.24, 2.45) is 0 Å². The van der Waals surface area contributed by atoms with E-state index >= 15 is 0 Å². The molecule has 98 valence electrons. The largest absolute Gasteiger partial charge is 0.496 e. The highest BCUT2D eigenvalue weighted by molar-refractivity contribution is 9.10. The van der Waals surface area contributed by atoms with Crippen LogP contribution in [0.3, 0.4) is 0 Å². The normalized spacial score (nSPS) is 10.2. The highest BCUT2D eigenvalue weighted by Gasteiger charge is 2.07. The Kier molecular flexibility index (Phi) is 4.74. The molecule has 2 nitrogen and oxygen atoms in total. The van der Waals surface area contributed by atoms with Crippen LogP contribution in [0.25, 0.3) is 0 Å². The lowest BCUT2D eigenvalue weighted by atomic mass is 10.0. The molecule has 0 fully saturated rings. The maximum Gasteiger partial charge on any atom is 0.141 e. The summed E-state index contributed by atoms with van der Waals surface area (Å²) < 4.78 is 6.04. The molecule has 0 amide bonds. The number of rotatable bonds is 5. The van der Waals surface area contributed by atoms with Crippen LogP contribution >= 0.6 is 15.9 Å². The van der Waals surface area contributed by atoms with E-state index in [2.05, 4.69) is 15.9 Å². The summed E-state index contributed by atoms with van der Waals surface area (Å²) in [6, 6.07) is 15.5. The Morgan fingerprint density at radius 2 is 1.74 bits per heavy atom. The van der Waals surface area contributed by atoms with E-state index in [0.29, 0.717) is 12.8 Å². The number of hydrogen-bond acceptors (Lipinski definition) is 2. The molecule has 0 saturated carbocycles. The molecule has 0 aromatic heterocycles. The predicted octanol–water partition coefficient (Wildman–Crippen LogP) is 3.81. The van der Waals surface area contributed by atoms with Gasteiger partial charge in [-0.05, 0) is 39.2 Å². The fraction of sp³-hybridized carbons (Fsp3) is 0.188. The van der Waals surface area contributed by atoms with E-state index in [9.17, 15) is 4.79 Å². The maximum absolute atomic E-state index is 12.0. The zero-order valence-electron chi connectivity index (χ0n) is 10.7. The Morgan fingerprint density at radius 3 is 2.37 bits per heavy atom. The standard InChI is InChI=1S/C16H15BrO2/c1-19-16-8-7-13(11-15(16)17)10-14(18)9-12-5-3-2-4-6-12/h2-8,11H,9-10H2,1H3. The molecule has 3 heteroatoms. The lowest BCUT2D eigenvalue weighted by Crippen LogP contribution is -2.06. The Balaban J connectivity index is 2.01. The second kappa shape index (κ2) is 6.53. The molecule has 0 unspecified atom stereocenters. The first-order valence-electron chi connectivity index (χ1n) is 6.07. The number of ketones is 1. The van der Waals surface area contributed by atoms with Crippen LogP contribution in [-0.2, 0) is 17.6 Å². The average molecular weight is 319 g/mol. The number of halogens is 1. The van der Waals surface area contributed by atoms with Gasteiger partial charge in [0.2, 0.25) is 0 Å². The fourth-order valence-electron chi connectivity index (χ4n) is 1.93. The minimum Gasteiger partial charge on any atom is -0.496 e. The van der Waals surface area contributed by atoms with Gasteiger partial charge in [-0.3, -0.25) is 4.79 Å². The van der Waals surface area contributed by atoms with Gasteiger partial charge in [-0.15, -0.1) is 0 Å². The summed E-state index contributed by atoms with van der Waals surface area (Å²) in [4.78, 5) is 12.0. The molecule has 2 aromatic carbocycles. The summed E-state index contributed by atoms with van der Waals surface area (Å²) >= 11 is 3.43. The SMILES string of the molecule is COc1ccc(CC(=O)Cc2ccccc2)cc1Br. The highest BCUT2D eigenvalue weighted by atomic mass is 79.9. The van der Waals surface area contributed by atoms with Crippen LogP contribution < -0.4 is 4.74 Å². The van der Waals surface area contributed by atoms with Crippen molar-refractivity contribution < 1.29 is 9.53 Å². The maximum atomic E-state index is 12.0. The summed E-state index contributed by atoms with van der Waals surface area (Å²) in [6.45, 7) is 0. The summed E-state index contributed by atoms with van der Waals surface area (Å²) in [6.07, 6.45) is 0.919. The van der Waals surface area contributed by atoms with Crippen LogP contribution in [0.2, 0.25) is 0 Å². The molecule has 19 heavy (non-hydrogen) atoms. The molecule has 2 rings (SSSR count). The van der Waals surface area contributed by atoms with Crippen LogP contribution in [0.15, 0.2) is 53.0 Å². The number of Topliss-reactive ketones (excluding diaryl/α,β-unsaturated/α-hetero) is 1. The van der Waals surface area contributed by atoms with Gasteiger partial charge >= 0.3 is 0 Å². The van der Waals surface area contributed by atoms with E-state index in [-0.39, 0.29) is 5.78 Å². The van der Waals surface area contributed by atoms with Crippen LogP contribution in [0.5, 0.6) is 5.75 Å². The zero-order chi connectivity index (χ0) is 13.7. The third kappa shape index (κ3) is 3.93. The number of carbonyl (C=O) groups excluding carboxylic acids is 1. The lowest BCUT2D eigenvalue weighted by Gasteiger charge is -2.06. The minimum atomic E-state index is 0.211. The smallest absolute Gasteiger partial charge is 0.141 e. The fourth-order valence-corrected chi connectivity index (χ4v) is 2.52. The number of ether oxygens (including phenoxy) is 1. The summed E-state index contributed by atoms with van der Waals surface area (Å²) in [5.41, 5.74) is 2.05. The molecule has 0 spiro atoms. The molecule has 0 aliphatic rings. The molecule has 2 aromatic rings. The third-order valence-corrected chi connectivity index (χ3v) is 3.48. The van der Waals surface area contributed by atoms with Gasteiger partial charge in [0.15, 0.2) is 0 Å². The van der Waals surface area contributed by atoms with Gasteiger partial charge in [-0.1, -0.05) is 36.4 Å². The first-order valence-corrected chi connectivity index (χ1v) is 6.86. The van der Waals surface area contributed by atoms with Crippen molar-refractivity contribution in [1.82, 2.24) is 0 Å². The van der Waals surface area contributed by atoms with E-state index in [4.69, 9.17) is 4.74 Å². The Hall–Kier alpha value is -1.61. The van der Waals surface area contributed by atoms with Crippen molar-refractivity contribution in [3.63, 3.8) is 0 Å². The minimum absolute atomic E-state index is 0.211. The Morgan fingerprint density at radius 1 is 1.05 bits per heavy atom. The van der Waals surface area contributed by atoms with Crippen molar-refractivity contribution in [2.45, 2.75) is 12.8 Å². The van der Waals surface area contributed by atoms with Gasteiger partial charge in [0.25, 0.3) is 0 Å². The Labute approximate surface area is 121 Å². The summed E-state index contributed by atoms with van der Waals surface area (Å²) in [5, 5.41) is 0. The second-order valence-electron chi connectivity index (χ2n) is 4.35. The topological polar surface area (TPSA) is 26.3 Å². The molecule has 0 aliphatic heterocycles. The van der Waals surface area contributed by atoms with Gasteiger partial charge in [-0.2, -0.15) is 0 Å². The first kappa shape index (κ1) is 13.8. The van der Waals surface area contributed by atoms with Gasteiger partial charge in [0, 0.05) is 12.8 Å². The molecule has 0 radical (unpaired) electrons. The van der Waals surface area contributed by atoms with Gasteiger partial charge < -0.3 is 4.74 Å². The molecular formula is C16H15BrO2. The van der Waals surface area contributed by atoms with Crippen molar-refractivity contribution in [3.05, 3.63) is 64.1 Å². The molecule has 0 aliphatic carbocycles. The Bertz CT molecular complexity index is 564. The molecule has 0 heterocycles. The number of carbonyl (C=O) groups is 1. The summed E-state index contributed by atoms with van der Waals surface area (Å²) in [5.74, 6) is 0.988. The number of methoxy groups -OCH3 is 1. The van der Waals surface area contributed by atoms with Crippen LogP contribution in [0.1, 0.15) is 11.1 Å². The number of benzene rings is 2. The van der Waals surface area contributed by atoms with E-state index in [0.717, 1.165) is 21.3 Å². The van der Waals surface area contributed by atoms with Crippen molar-refractivity contribution in [3.8, 4) is 5.75 Å². The highest BCUT2D eigenvalue weighted by Crippen LogP contribution is 2.25. The molecule has 0 bridgehead atoms. The summed E-state index contributed by atoms with van der Waals surface area (Å²) in [7, 11) is 1.63. The number of hydrogen-bond donors (Lipinski definition) is 0. The quantitative estimate of drug-likeness (QED) is 0.838. The van der Waals surface area contributed by atoms with Crippen LogP contribution in [-0.4, -0.2) is 12.9 Å². The van der Waals surface area contributed by atoms with E-state index in [1.54, 1.807) is 7.11 Å². The van der Waals surface area contributed by atoms with Crippen LogP contribution in [0.4, 0.5) is 0 Å². The van der Waals surface area contributed by atoms with Crippen molar-refractivity contribution in [2.75, 3.05) is 7.11 Å². The molecule has 0 saturated heterocycles. The van der Waals surface area contributed by atoms with Gasteiger partial charge in [-0.25, -0.2) is 0 Å². The van der Waals surface area contributed by atoms with Gasteiger partial charge in [0.1, 0.15) is 11.5 Å². The monoisotopic (exact) mass is 318 g/mol. The second-order valence-corrected chi connectivity index (χ2v) is 5.20. The lowest BCUT2D eigenvalue weighted by molar-refractivity contribution is -0.117.